The third-order valence-corrected chi connectivity index (χ3v) is 5.39. The molecule has 2 aromatic carbocycles. The number of benzene rings is 2. The SMILES string of the molecule is COc1cc(Nc2nc(Nc3ccc(Cn4cccn4)cc3)ncc2C)ccc1I. The Morgan fingerprint density at radius 3 is 2.60 bits per heavy atom. The van der Waals surface area contributed by atoms with Gasteiger partial charge in [0.15, 0.2) is 0 Å². The molecule has 4 rings (SSSR count). The van der Waals surface area contributed by atoms with Crippen LogP contribution in [0.2, 0.25) is 0 Å². The molecule has 0 aliphatic heterocycles. The van der Waals surface area contributed by atoms with Gasteiger partial charge in [-0.2, -0.15) is 10.1 Å². The van der Waals surface area contributed by atoms with E-state index in [1.807, 2.05) is 54.2 Å². The predicted molar refractivity (Wildman–Crippen MR) is 127 cm³/mol. The van der Waals surface area contributed by atoms with Crippen molar-refractivity contribution < 1.29 is 4.74 Å². The minimum Gasteiger partial charge on any atom is -0.496 e. The molecular weight excluding hydrogens is 491 g/mol. The molecule has 2 aromatic heterocycles. The van der Waals surface area contributed by atoms with Gasteiger partial charge in [0.05, 0.1) is 17.2 Å². The molecule has 0 spiro atoms. The van der Waals surface area contributed by atoms with Crippen molar-refractivity contribution >= 4 is 45.7 Å². The lowest BCUT2D eigenvalue weighted by Crippen LogP contribution is -2.03. The van der Waals surface area contributed by atoms with Crippen LogP contribution in [0, 0.1) is 10.5 Å². The van der Waals surface area contributed by atoms with Crippen molar-refractivity contribution in [2.75, 3.05) is 17.7 Å². The zero-order valence-corrected chi connectivity index (χ0v) is 18.8. The molecule has 0 aliphatic rings. The van der Waals surface area contributed by atoms with Crippen molar-refractivity contribution in [2.45, 2.75) is 13.5 Å². The number of halogens is 1. The summed E-state index contributed by atoms with van der Waals surface area (Å²) < 4.78 is 8.35. The molecule has 8 heteroatoms. The highest BCUT2D eigenvalue weighted by atomic mass is 127. The summed E-state index contributed by atoms with van der Waals surface area (Å²) in [5.41, 5.74) is 3.95. The van der Waals surface area contributed by atoms with Crippen molar-refractivity contribution in [1.82, 2.24) is 19.7 Å². The number of methoxy groups -OCH3 is 1. The van der Waals surface area contributed by atoms with Crippen LogP contribution < -0.4 is 15.4 Å². The van der Waals surface area contributed by atoms with E-state index in [1.54, 1.807) is 19.5 Å². The van der Waals surface area contributed by atoms with Crippen LogP contribution in [0.3, 0.4) is 0 Å². The zero-order valence-electron chi connectivity index (χ0n) is 16.6. The van der Waals surface area contributed by atoms with E-state index in [0.29, 0.717) is 5.95 Å². The number of aryl methyl sites for hydroxylation is 1. The number of ether oxygens (including phenoxy) is 1. The Bertz CT molecular complexity index is 1130. The molecular formula is C22H21IN6O. The summed E-state index contributed by atoms with van der Waals surface area (Å²) >= 11 is 2.25. The molecule has 0 radical (unpaired) electrons. The highest BCUT2D eigenvalue weighted by molar-refractivity contribution is 14.1. The lowest BCUT2D eigenvalue weighted by Gasteiger charge is -2.12. The number of hydrogen-bond acceptors (Lipinski definition) is 6. The largest absolute Gasteiger partial charge is 0.496 e. The quantitative estimate of drug-likeness (QED) is 0.335. The van der Waals surface area contributed by atoms with Crippen LogP contribution in [-0.2, 0) is 6.54 Å². The Morgan fingerprint density at radius 2 is 1.87 bits per heavy atom. The lowest BCUT2D eigenvalue weighted by molar-refractivity contribution is 0.412. The van der Waals surface area contributed by atoms with Crippen molar-refractivity contribution in [3.8, 4) is 5.75 Å². The average molecular weight is 512 g/mol. The van der Waals surface area contributed by atoms with Gasteiger partial charge in [0.1, 0.15) is 11.6 Å². The van der Waals surface area contributed by atoms with E-state index in [4.69, 9.17) is 4.74 Å². The van der Waals surface area contributed by atoms with Gasteiger partial charge in [-0.15, -0.1) is 0 Å². The topological polar surface area (TPSA) is 76.9 Å². The Morgan fingerprint density at radius 1 is 1.07 bits per heavy atom. The number of nitrogens with zero attached hydrogens (tertiary/aromatic N) is 4. The zero-order chi connectivity index (χ0) is 20.9. The van der Waals surface area contributed by atoms with Gasteiger partial charge in [0.25, 0.3) is 0 Å². The van der Waals surface area contributed by atoms with E-state index < -0.39 is 0 Å². The van der Waals surface area contributed by atoms with Crippen LogP contribution >= 0.6 is 22.6 Å². The van der Waals surface area contributed by atoms with Gasteiger partial charge in [-0.05, 0) is 65.4 Å². The fourth-order valence-corrected chi connectivity index (χ4v) is 3.46. The molecule has 4 aromatic rings. The molecule has 0 saturated heterocycles. The minimum absolute atomic E-state index is 0.528. The van der Waals surface area contributed by atoms with Gasteiger partial charge in [-0.25, -0.2) is 4.98 Å². The van der Waals surface area contributed by atoms with Crippen LogP contribution in [0.4, 0.5) is 23.1 Å². The third-order valence-electron chi connectivity index (χ3n) is 4.50. The first kappa shape index (κ1) is 20.1. The summed E-state index contributed by atoms with van der Waals surface area (Å²) in [6.45, 7) is 2.71. The average Bonchev–Trinajstić information content (AvgIpc) is 3.26. The molecule has 0 fully saturated rings. The van der Waals surface area contributed by atoms with E-state index in [2.05, 4.69) is 60.4 Å². The molecule has 7 nitrogen and oxygen atoms in total. The number of nitrogens with one attached hydrogen (secondary N) is 2. The summed E-state index contributed by atoms with van der Waals surface area (Å²) in [5.74, 6) is 2.09. The van der Waals surface area contributed by atoms with Crippen molar-refractivity contribution in [2.24, 2.45) is 0 Å². The normalized spacial score (nSPS) is 10.6. The first-order chi connectivity index (χ1) is 14.6. The Kier molecular flexibility index (Phi) is 6.12. The van der Waals surface area contributed by atoms with Gasteiger partial charge in [0.2, 0.25) is 5.95 Å². The maximum absolute atomic E-state index is 5.40. The van der Waals surface area contributed by atoms with Gasteiger partial charge >= 0.3 is 0 Å². The smallest absolute Gasteiger partial charge is 0.229 e. The second-order valence-corrected chi connectivity index (χ2v) is 7.89. The molecule has 0 aliphatic carbocycles. The van der Waals surface area contributed by atoms with Crippen molar-refractivity contribution in [3.05, 3.63) is 81.8 Å². The van der Waals surface area contributed by atoms with Crippen LogP contribution in [0.15, 0.2) is 67.1 Å². The molecule has 30 heavy (non-hydrogen) atoms. The molecule has 0 saturated carbocycles. The maximum atomic E-state index is 5.40. The number of hydrogen-bond donors (Lipinski definition) is 2. The van der Waals surface area contributed by atoms with Crippen molar-refractivity contribution in [3.63, 3.8) is 0 Å². The Hall–Kier alpha value is -3.14. The molecule has 2 N–H and O–H groups in total. The second-order valence-electron chi connectivity index (χ2n) is 6.73. The second kappa shape index (κ2) is 9.12. The highest BCUT2D eigenvalue weighted by Gasteiger charge is 2.07. The molecule has 0 amide bonds. The fraction of sp³-hybridized carbons (Fsp3) is 0.136. The summed E-state index contributed by atoms with van der Waals surface area (Å²) in [4.78, 5) is 9.04. The van der Waals surface area contributed by atoms with E-state index in [9.17, 15) is 0 Å². The van der Waals surface area contributed by atoms with Gasteiger partial charge < -0.3 is 15.4 Å². The van der Waals surface area contributed by atoms with E-state index in [1.165, 1.54) is 5.56 Å². The predicted octanol–water partition coefficient (Wildman–Crippen LogP) is 5.13. The summed E-state index contributed by atoms with van der Waals surface area (Å²) in [6, 6.07) is 16.0. The van der Waals surface area contributed by atoms with Crippen LogP contribution in [-0.4, -0.2) is 26.9 Å². The molecule has 0 bridgehead atoms. The minimum atomic E-state index is 0.528. The Balaban J connectivity index is 1.47. The van der Waals surface area contributed by atoms with Gasteiger partial charge in [-0.3, -0.25) is 4.68 Å². The molecule has 152 valence electrons. The summed E-state index contributed by atoms with van der Waals surface area (Å²) in [6.07, 6.45) is 5.53. The van der Waals surface area contributed by atoms with Crippen LogP contribution in [0.5, 0.6) is 5.75 Å². The summed E-state index contributed by atoms with van der Waals surface area (Å²) in [7, 11) is 1.67. The first-order valence-electron chi connectivity index (χ1n) is 9.38. The van der Waals surface area contributed by atoms with Crippen LogP contribution in [0.1, 0.15) is 11.1 Å². The van der Waals surface area contributed by atoms with E-state index in [0.717, 1.165) is 38.6 Å². The number of rotatable bonds is 7. The van der Waals surface area contributed by atoms with Crippen molar-refractivity contribution in [1.29, 1.82) is 0 Å². The fourth-order valence-electron chi connectivity index (χ4n) is 2.91. The number of aromatic nitrogens is 4. The monoisotopic (exact) mass is 512 g/mol. The molecule has 0 unspecified atom stereocenters. The lowest BCUT2D eigenvalue weighted by atomic mass is 10.2. The highest BCUT2D eigenvalue weighted by Crippen LogP contribution is 2.27. The van der Waals surface area contributed by atoms with E-state index in [-0.39, 0.29) is 0 Å². The molecule has 0 atom stereocenters. The standard InChI is InChI=1S/C22H21IN6O/c1-15-13-24-22(28-21(15)26-18-8-9-19(23)20(12-18)30-2)27-17-6-4-16(5-7-17)14-29-11-3-10-25-29/h3-13H,14H2,1-2H3,(H2,24,26,27,28). The first-order valence-corrected chi connectivity index (χ1v) is 10.5. The summed E-state index contributed by atoms with van der Waals surface area (Å²) in [5, 5.41) is 10.8. The number of anilines is 4. The molecule has 2 heterocycles. The van der Waals surface area contributed by atoms with E-state index >= 15 is 0 Å². The van der Waals surface area contributed by atoms with Gasteiger partial charge in [0, 0.05) is 41.6 Å². The van der Waals surface area contributed by atoms with Crippen LogP contribution in [0.25, 0.3) is 0 Å². The van der Waals surface area contributed by atoms with Gasteiger partial charge in [-0.1, -0.05) is 12.1 Å². The third kappa shape index (κ3) is 4.88. The maximum Gasteiger partial charge on any atom is 0.229 e. The Labute approximate surface area is 188 Å².